The Balaban J connectivity index is 2.59. The first kappa shape index (κ1) is 11.9. The van der Waals surface area contributed by atoms with Gasteiger partial charge in [0.1, 0.15) is 0 Å². The Morgan fingerprint density at radius 1 is 1.21 bits per heavy atom. The third-order valence-corrected chi connectivity index (χ3v) is 8.12. The standard InChI is InChI=1S/C10H13O.2CH3.Sb/c1-3-4-9-5-7-10(11-2)8-6-9;;;/h3,5-8H,4H2,1-2H3;2*1H3;. The van der Waals surface area contributed by atoms with Crippen LogP contribution in [0.1, 0.15) is 12.5 Å². The number of ether oxygens (including phenoxy) is 1. The van der Waals surface area contributed by atoms with Crippen molar-refractivity contribution in [3.8, 4) is 5.75 Å². The van der Waals surface area contributed by atoms with Crippen LogP contribution in [0.4, 0.5) is 0 Å². The number of hydrogen-bond acceptors (Lipinski definition) is 1. The summed E-state index contributed by atoms with van der Waals surface area (Å²) in [4.78, 5) is 4.91. The maximum atomic E-state index is 5.13. The van der Waals surface area contributed by atoms with E-state index >= 15 is 0 Å². The van der Waals surface area contributed by atoms with Crippen molar-refractivity contribution in [2.75, 3.05) is 7.11 Å². The Morgan fingerprint density at radius 2 is 1.79 bits per heavy atom. The Morgan fingerprint density at radius 3 is 2.21 bits per heavy atom. The molecule has 0 amide bonds. The molecule has 1 unspecified atom stereocenters. The van der Waals surface area contributed by atoms with Crippen LogP contribution in [0.5, 0.6) is 5.75 Å². The summed E-state index contributed by atoms with van der Waals surface area (Å²) in [5, 5.41) is 0. The second-order valence-corrected chi connectivity index (χ2v) is 11.9. The molecular formula is C12H19OSb. The van der Waals surface area contributed by atoms with E-state index in [4.69, 9.17) is 4.74 Å². The van der Waals surface area contributed by atoms with Crippen molar-refractivity contribution in [3.63, 3.8) is 0 Å². The normalized spacial score (nSPS) is 12.9. The zero-order valence-corrected chi connectivity index (χ0v) is 12.0. The molecule has 0 aliphatic heterocycles. The summed E-state index contributed by atoms with van der Waals surface area (Å²) in [6.07, 6.45) is 1.24. The number of methoxy groups -OCH3 is 1. The van der Waals surface area contributed by atoms with Gasteiger partial charge in [0.25, 0.3) is 0 Å². The van der Waals surface area contributed by atoms with E-state index in [0.29, 0.717) is 0 Å². The van der Waals surface area contributed by atoms with Crippen LogP contribution in [0.3, 0.4) is 0 Å². The molecule has 0 radical (unpaired) electrons. The van der Waals surface area contributed by atoms with Crippen LogP contribution in [0.2, 0.25) is 13.6 Å². The molecule has 78 valence electrons. The molecule has 1 aromatic carbocycles. The van der Waals surface area contributed by atoms with Crippen LogP contribution in [0.15, 0.2) is 24.3 Å². The van der Waals surface area contributed by atoms with Gasteiger partial charge in [-0.25, -0.2) is 0 Å². The Hall–Kier alpha value is -0.162. The van der Waals surface area contributed by atoms with Crippen molar-refractivity contribution in [2.45, 2.75) is 26.9 Å². The first-order valence-corrected chi connectivity index (χ1v) is 11.5. The molecule has 0 spiro atoms. The van der Waals surface area contributed by atoms with Crippen molar-refractivity contribution >= 4 is 20.2 Å². The van der Waals surface area contributed by atoms with E-state index in [1.807, 2.05) is 0 Å². The SMILES string of the molecule is COc1ccc(C[CH](C)[Sb]([CH3])[CH3])cc1. The molecule has 0 saturated carbocycles. The van der Waals surface area contributed by atoms with Gasteiger partial charge in [-0.2, -0.15) is 0 Å². The monoisotopic (exact) mass is 300 g/mol. The predicted octanol–water partition coefficient (Wildman–Crippen LogP) is 3.38. The molecule has 1 atom stereocenters. The summed E-state index contributed by atoms with van der Waals surface area (Å²) in [7, 11) is 1.71. The van der Waals surface area contributed by atoms with Gasteiger partial charge in [-0.3, -0.25) is 0 Å². The van der Waals surface area contributed by atoms with Crippen molar-refractivity contribution in [3.05, 3.63) is 29.8 Å². The first-order valence-electron chi connectivity index (χ1n) is 4.93. The predicted molar refractivity (Wildman–Crippen MR) is 63.6 cm³/mol. The fraction of sp³-hybridized carbons (Fsp3) is 0.500. The van der Waals surface area contributed by atoms with Crippen molar-refractivity contribution in [1.29, 1.82) is 0 Å². The molecule has 0 bridgehead atoms. The fourth-order valence-electron chi connectivity index (χ4n) is 1.29. The van der Waals surface area contributed by atoms with Crippen LogP contribution in [0.25, 0.3) is 0 Å². The molecule has 0 aliphatic carbocycles. The van der Waals surface area contributed by atoms with Gasteiger partial charge < -0.3 is 0 Å². The molecule has 0 fully saturated rings. The van der Waals surface area contributed by atoms with Gasteiger partial charge in [0.05, 0.1) is 0 Å². The summed E-state index contributed by atoms with van der Waals surface area (Å²) >= 11 is -0.880. The van der Waals surface area contributed by atoms with E-state index in [-0.39, 0.29) is 0 Å². The minimum absolute atomic E-state index is 0.880. The van der Waals surface area contributed by atoms with E-state index < -0.39 is 20.2 Å². The van der Waals surface area contributed by atoms with Crippen LogP contribution in [-0.4, -0.2) is 27.3 Å². The van der Waals surface area contributed by atoms with Crippen LogP contribution < -0.4 is 4.74 Å². The molecule has 0 aliphatic rings. The van der Waals surface area contributed by atoms with Crippen molar-refractivity contribution < 1.29 is 4.74 Å². The number of rotatable bonds is 4. The quantitative estimate of drug-likeness (QED) is 0.775. The van der Waals surface area contributed by atoms with Crippen molar-refractivity contribution in [1.82, 2.24) is 0 Å². The Bertz CT molecular complexity index is 266. The second kappa shape index (κ2) is 5.65. The van der Waals surface area contributed by atoms with E-state index in [2.05, 4.69) is 40.9 Å². The van der Waals surface area contributed by atoms with Crippen LogP contribution in [-0.2, 0) is 6.42 Å². The molecule has 1 nitrogen and oxygen atoms in total. The maximum absolute atomic E-state index is 5.13. The molecule has 1 rings (SSSR count). The molecule has 0 saturated heterocycles. The average Bonchev–Trinajstić information content (AvgIpc) is 2.19. The van der Waals surface area contributed by atoms with Gasteiger partial charge in [-0.15, -0.1) is 0 Å². The molecule has 0 N–H and O–H groups in total. The molecule has 14 heavy (non-hydrogen) atoms. The third kappa shape index (κ3) is 3.53. The van der Waals surface area contributed by atoms with Gasteiger partial charge in [-0.05, 0) is 0 Å². The van der Waals surface area contributed by atoms with Gasteiger partial charge in [0.15, 0.2) is 0 Å². The number of hydrogen-bond donors (Lipinski definition) is 0. The van der Waals surface area contributed by atoms with Gasteiger partial charge in [-0.1, -0.05) is 0 Å². The summed E-state index contributed by atoms with van der Waals surface area (Å²) in [5.41, 5.74) is 1.44. The fourth-order valence-corrected chi connectivity index (χ4v) is 2.93. The minimum atomic E-state index is -0.880. The van der Waals surface area contributed by atoms with E-state index in [9.17, 15) is 0 Å². The topological polar surface area (TPSA) is 9.23 Å². The van der Waals surface area contributed by atoms with Gasteiger partial charge >= 0.3 is 94.6 Å². The zero-order valence-electron chi connectivity index (χ0n) is 9.45. The average molecular weight is 301 g/mol. The molecule has 1 aromatic rings. The second-order valence-electron chi connectivity index (χ2n) is 3.86. The third-order valence-electron chi connectivity index (χ3n) is 2.57. The first-order chi connectivity index (χ1) is 6.63. The summed E-state index contributed by atoms with van der Waals surface area (Å²) < 4.78 is 6.06. The number of benzene rings is 1. The van der Waals surface area contributed by atoms with Gasteiger partial charge in [0, 0.05) is 0 Å². The zero-order chi connectivity index (χ0) is 10.6. The summed E-state index contributed by atoms with van der Waals surface area (Å²) in [6, 6.07) is 8.46. The van der Waals surface area contributed by atoms with E-state index in [1.54, 1.807) is 7.11 Å². The van der Waals surface area contributed by atoms with Crippen molar-refractivity contribution in [2.24, 2.45) is 0 Å². The van der Waals surface area contributed by atoms with E-state index in [1.165, 1.54) is 12.0 Å². The molecule has 0 aromatic heterocycles. The van der Waals surface area contributed by atoms with Crippen LogP contribution >= 0.6 is 0 Å². The van der Waals surface area contributed by atoms with Crippen LogP contribution in [0, 0.1) is 0 Å². The Kier molecular flexibility index (Phi) is 4.81. The summed E-state index contributed by atoms with van der Waals surface area (Å²) in [6.45, 7) is 2.38. The van der Waals surface area contributed by atoms with E-state index in [0.717, 1.165) is 9.61 Å². The Labute approximate surface area is 94.4 Å². The molecular weight excluding hydrogens is 282 g/mol. The summed E-state index contributed by atoms with van der Waals surface area (Å²) in [5.74, 6) is 0.951. The molecule has 0 heterocycles. The molecule has 2 heteroatoms. The van der Waals surface area contributed by atoms with Gasteiger partial charge in [0.2, 0.25) is 0 Å².